The number of ketones is 1. The molecule has 1 aliphatic carbocycles. The average molecular weight is 414 g/mol. The van der Waals surface area contributed by atoms with E-state index in [1.54, 1.807) is 10.6 Å². The molecule has 4 rings (SSSR count). The summed E-state index contributed by atoms with van der Waals surface area (Å²) >= 11 is 6.32. The molecule has 0 aliphatic heterocycles. The van der Waals surface area contributed by atoms with Crippen molar-refractivity contribution >= 4 is 17.4 Å². The summed E-state index contributed by atoms with van der Waals surface area (Å²) in [4.78, 5) is 25.3. The molecule has 1 aliphatic rings. The lowest BCUT2D eigenvalue weighted by atomic mass is 10.2. The standard InChI is InChI=1S/C21H24ClN5O2/c1-15-11-13-25(23-15)12-5-4-6-17(28)14-26-21(29)27(16-9-10-16)20(24-26)18-7-2-3-8-19(18)22/h2-3,7-8,11,13,16H,4-6,9-10,12,14H2,1H3. The first-order valence-electron chi connectivity index (χ1n) is 9.99. The first kappa shape index (κ1) is 19.6. The Hall–Kier alpha value is -2.67. The predicted octanol–water partition coefficient (Wildman–Crippen LogP) is 3.64. The Morgan fingerprint density at radius 3 is 2.66 bits per heavy atom. The normalized spacial score (nSPS) is 13.7. The van der Waals surface area contributed by atoms with Crippen LogP contribution in [0.3, 0.4) is 0 Å². The number of aromatic nitrogens is 5. The number of hydrogen-bond acceptors (Lipinski definition) is 4. The van der Waals surface area contributed by atoms with E-state index in [-0.39, 0.29) is 24.1 Å². The average Bonchev–Trinajstić information content (AvgIpc) is 3.37. The molecule has 152 valence electrons. The summed E-state index contributed by atoms with van der Waals surface area (Å²) < 4.78 is 4.86. The molecule has 8 heteroatoms. The van der Waals surface area contributed by atoms with Gasteiger partial charge in [-0.05, 0) is 50.8 Å². The molecule has 1 saturated carbocycles. The fraction of sp³-hybridized carbons (Fsp3) is 0.429. The van der Waals surface area contributed by atoms with Crippen LogP contribution in [0, 0.1) is 6.92 Å². The van der Waals surface area contributed by atoms with E-state index in [1.165, 1.54) is 4.68 Å². The van der Waals surface area contributed by atoms with Gasteiger partial charge in [-0.25, -0.2) is 9.48 Å². The maximum atomic E-state index is 12.9. The van der Waals surface area contributed by atoms with E-state index in [1.807, 2.05) is 42.1 Å². The van der Waals surface area contributed by atoms with Crippen molar-refractivity contribution in [2.45, 2.75) is 58.2 Å². The summed E-state index contributed by atoms with van der Waals surface area (Å²) in [6.07, 6.45) is 5.88. The first-order valence-corrected chi connectivity index (χ1v) is 10.4. The summed E-state index contributed by atoms with van der Waals surface area (Å²) in [7, 11) is 0. The Morgan fingerprint density at radius 1 is 1.17 bits per heavy atom. The van der Waals surface area contributed by atoms with Gasteiger partial charge in [-0.1, -0.05) is 23.7 Å². The zero-order chi connectivity index (χ0) is 20.4. The Labute approximate surface area is 173 Å². The monoisotopic (exact) mass is 413 g/mol. The molecule has 2 aromatic heterocycles. The molecule has 0 atom stereocenters. The van der Waals surface area contributed by atoms with Crippen LogP contribution < -0.4 is 5.69 Å². The van der Waals surface area contributed by atoms with Gasteiger partial charge in [0.25, 0.3) is 0 Å². The van der Waals surface area contributed by atoms with Crippen molar-refractivity contribution in [3.05, 3.63) is 57.7 Å². The number of carbonyl (C=O) groups excluding carboxylic acids is 1. The number of rotatable bonds is 9. The van der Waals surface area contributed by atoms with Crippen molar-refractivity contribution in [3.8, 4) is 11.4 Å². The van der Waals surface area contributed by atoms with Crippen LogP contribution in [-0.2, 0) is 17.9 Å². The minimum Gasteiger partial charge on any atom is -0.298 e. The summed E-state index contributed by atoms with van der Waals surface area (Å²) in [6.45, 7) is 2.74. The van der Waals surface area contributed by atoms with Crippen molar-refractivity contribution < 1.29 is 4.79 Å². The SMILES string of the molecule is Cc1ccn(CCCCC(=O)Cn2nc(-c3ccccc3Cl)n(C3CC3)c2=O)n1. The third-order valence-corrected chi connectivity index (χ3v) is 5.42. The Kier molecular flexibility index (Phi) is 5.67. The highest BCUT2D eigenvalue weighted by Crippen LogP contribution is 2.37. The molecule has 0 spiro atoms. The number of nitrogens with zero attached hydrogens (tertiary/aromatic N) is 5. The lowest BCUT2D eigenvalue weighted by Gasteiger charge is -2.04. The molecule has 0 N–H and O–H groups in total. The van der Waals surface area contributed by atoms with E-state index in [0.29, 0.717) is 17.3 Å². The Bertz CT molecular complexity index is 1080. The summed E-state index contributed by atoms with van der Waals surface area (Å²) in [5.41, 5.74) is 1.47. The molecule has 29 heavy (non-hydrogen) atoms. The van der Waals surface area contributed by atoms with E-state index in [4.69, 9.17) is 11.6 Å². The quantitative estimate of drug-likeness (QED) is 0.502. The van der Waals surface area contributed by atoms with Gasteiger partial charge < -0.3 is 0 Å². The van der Waals surface area contributed by atoms with Crippen molar-refractivity contribution in [3.63, 3.8) is 0 Å². The molecule has 3 aromatic rings. The van der Waals surface area contributed by atoms with Crippen molar-refractivity contribution in [1.29, 1.82) is 0 Å². The highest BCUT2D eigenvalue weighted by molar-refractivity contribution is 6.33. The summed E-state index contributed by atoms with van der Waals surface area (Å²) in [6, 6.07) is 9.46. The van der Waals surface area contributed by atoms with E-state index in [9.17, 15) is 9.59 Å². The van der Waals surface area contributed by atoms with Gasteiger partial charge in [-0.15, -0.1) is 5.10 Å². The molecule has 1 fully saturated rings. The van der Waals surface area contributed by atoms with Crippen LogP contribution in [0.15, 0.2) is 41.3 Å². The number of benzene rings is 1. The molecule has 0 saturated heterocycles. The number of Topliss-reactive ketones (excluding diaryl/α,β-unsaturated/α-hetero) is 1. The number of aryl methyl sites for hydroxylation is 2. The highest BCUT2D eigenvalue weighted by atomic mass is 35.5. The van der Waals surface area contributed by atoms with Gasteiger partial charge in [0.05, 0.1) is 10.7 Å². The third-order valence-electron chi connectivity index (χ3n) is 5.09. The van der Waals surface area contributed by atoms with Crippen molar-refractivity contribution in [2.75, 3.05) is 0 Å². The topological polar surface area (TPSA) is 74.7 Å². The van der Waals surface area contributed by atoms with E-state index in [2.05, 4.69) is 10.2 Å². The van der Waals surface area contributed by atoms with Crippen LogP contribution in [0.5, 0.6) is 0 Å². The van der Waals surface area contributed by atoms with Gasteiger partial charge in [0.2, 0.25) is 0 Å². The van der Waals surface area contributed by atoms with Gasteiger partial charge in [0.15, 0.2) is 11.6 Å². The zero-order valence-corrected chi connectivity index (χ0v) is 17.2. The van der Waals surface area contributed by atoms with Gasteiger partial charge in [0, 0.05) is 30.8 Å². The molecule has 0 amide bonds. The van der Waals surface area contributed by atoms with E-state index >= 15 is 0 Å². The zero-order valence-electron chi connectivity index (χ0n) is 16.4. The number of unbranched alkanes of at least 4 members (excludes halogenated alkanes) is 1. The summed E-state index contributed by atoms with van der Waals surface area (Å²) in [5.74, 6) is 0.555. The lowest BCUT2D eigenvalue weighted by molar-refractivity contribution is -0.120. The van der Waals surface area contributed by atoms with Crippen LogP contribution in [0.4, 0.5) is 0 Å². The van der Waals surface area contributed by atoms with Crippen LogP contribution in [-0.4, -0.2) is 29.9 Å². The fourth-order valence-corrected chi connectivity index (χ4v) is 3.66. The van der Waals surface area contributed by atoms with Crippen LogP contribution in [0.25, 0.3) is 11.4 Å². The Morgan fingerprint density at radius 2 is 1.97 bits per heavy atom. The highest BCUT2D eigenvalue weighted by Gasteiger charge is 2.31. The molecule has 1 aromatic carbocycles. The van der Waals surface area contributed by atoms with E-state index < -0.39 is 0 Å². The van der Waals surface area contributed by atoms with Crippen LogP contribution >= 0.6 is 11.6 Å². The predicted molar refractivity (Wildman–Crippen MR) is 111 cm³/mol. The van der Waals surface area contributed by atoms with E-state index in [0.717, 1.165) is 43.5 Å². The molecule has 0 unspecified atom stereocenters. The van der Waals surface area contributed by atoms with Crippen molar-refractivity contribution in [1.82, 2.24) is 24.1 Å². The fourth-order valence-electron chi connectivity index (χ4n) is 3.44. The minimum absolute atomic E-state index is 0.00309. The van der Waals surface area contributed by atoms with Gasteiger partial charge in [-0.2, -0.15) is 5.10 Å². The number of carbonyl (C=O) groups is 1. The largest absolute Gasteiger partial charge is 0.346 e. The number of halogens is 1. The van der Waals surface area contributed by atoms with Gasteiger partial charge in [-0.3, -0.25) is 14.0 Å². The maximum Gasteiger partial charge on any atom is 0.346 e. The molecular formula is C21H24ClN5O2. The third kappa shape index (κ3) is 4.50. The molecule has 2 heterocycles. The minimum atomic E-state index is -0.234. The number of hydrogen-bond donors (Lipinski definition) is 0. The summed E-state index contributed by atoms with van der Waals surface area (Å²) in [5, 5.41) is 9.36. The molecular weight excluding hydrogens is 390 g/mol. The second-order valence-electron chi connectivity index (χ2n) is 7.56. The van der Waals surface area contributed by atoms with Crippen LogP contribution in [0.1, 0.15) is 43.8 Å². The van der Waals surface area contributed by atoms with Gasteiger partial charge in [0.1, 0.15) is 6.54 Å². The second-order valence-corrected chi connectivity index (χ2v) is 7.97. The smallest absolute Gasteiger partial charge is 0.298 e. The van der Waals surface area contributed by atoms with Gasteiger partial charge >= 0.3 is 5.69 Å². The Balaban J connectivity index is 1.42. The molecule has 0 radical (unpaired) electrons. The van der Waals surface area contributed by atoms with Crippen molar-refractivity contribution in [2.24, 2.45) is 0 Å². The first-order chi connectivity index (χ1) is 14.0. The second kappa shape index (κ2) is 8.37. The molecule has 0 bridgehead atoms. The molecule has 7 nitrogen and oxygen atoms in total. The maximum absolute atomic E-state index is 12.9. The van der Waals surface area contributed by atoms with Crippen LogP contribution in [0.2, 0.25) is 5.02 Å². The lowest BCUT2D eigenvalue weighted by Crippen LogP contribution is -2.27.